The molecular weight excluding hydrogens is 327 g/mol. The van der Waals surface area contributed by atoms with Crippen molar-refractivity contribution >= 4 is 16.9 Å². The maximum absolute atomic E-state index is 12.8. The van der Waals surface area contributed by atoms with E-state index in [1.54, 1.807) is 18.2 Å². The van der Waals surface area contributed by atoms with Crippen molar-refractivity contribution in [3.05, 3.63) is 46.3 Å². The van der Waals surface area contributed by atoms with E-state index in [9.17, 15) is 27.9 Å². The molecule has 3 rings (SSSR count). The molecule has 5 nitrogen and oxygen atoms in total. The number of carbonyl (C=O) groups is 1. The number of aliphatic hydroxyl groups is 1. The smallest absolute Gasteiger partial charge is 0.417 e. The third-order valence-corrected chi connectivity index (χ3v) is 4.25. The summed E-state index contributed by atoms with van der Waals surface area (Å²) in [6.45, 7) is -0.545. The predicted octanol–water partition coefficient (Wildman–Crippen LogP) is 2.32. The van der Waals surface area contributed by atoms with Gasteiger partial charge in [-0.1, -0.05) is 12.1 Å². The van der Waals surface area contributed by atoms with E-state index in [1.807, 2.05) is 0 Å². The maximum Gasteiger partial charge on any atom is 0.417 e. The molecule has 1 aromatic heterocycles. The molecular formula is C16H14F3NO4. The van der Waals surface area contributed by atoms with Crippen LogP contribution in [-0.2, 0) is 0 Å². The van der Waals surface area contributed by atoms with Gasteiger partial charge in [-0.2, -0.15) is 13.2 Å². The van der Waals surface area contributed by atoms with Gasteiger partial charge in [0.05, 0.1) is 5.39 Å². The summed E-state index contributed by atoms with van der Waals surface area (Å²) in [5.74, 6) is -0.891. The molecule has 0 unspecified atom stereocenters. The highest BCUT2D eigenvalue weighted by Crippen LogP contribution is 2.38. The molecule has 0 aliphatic carbocycles. The van der Waals surface area contributed by atoms with Gasteiger partial charge in [-0.05, 0) is 12.1 Å². The van der Waals surface area contributed by atoms with Crippen molar-refractivity contribution in [2.45, 2.75) is 24.6 Å². The highest BCUT2D eigenvalue weighted by Gasteiger charge is 2.55. The molecule has 1 N–H and O–H groups in total. The number of amides is 1. The highest BCUT2D eigenvalue weighted by atomic mass is 19.4. The van der Waals surface area contributed by atoms with Crippen LogP contribution in [-0.4, -0.2) is 40.8 Å². The average molecular weight is 341 g/mol. The Bertz CT molecular complexity index is 835. The average Bonchev–Trinajstić information content (AvgIpc) is 2.54. The van der Waals surface area contributed by atoms with E-state index in [1.165, 1.54) is 6.07 Å². The fourth-order valence-electron chi connectivity index (χ4n) is 2.73. The number of piperidine rings is 1. The van der Waals surface area contributed by atoms with Gasteiger partial charge in [0.2, 0.25) is 0 Å². The van der Waals surface area contributed by atoms with Crippen molar-refractivity contribution < 1.29 is 27.5 Å². The van der Waals surface area contributed by atoms with E-state index in [4.69, 9.17) is 4.42 Å². The van der Waals surface area contributed by atoms with Crippen molar-refractivity contribution in [3.63, 3.8) is 0 Å². The molecule has 2 heterocycles. The minimum atomic E-state index is -4.74. The molecule has 128 valence electrons. The van der Waals surface area contributed by atoms with Gasteiger partial charge in [-0.3, -0.25) is 9.59 Å². The number of alkyl halides is 3. The summed E-state index contributed by atoms with van der Waals surface area (Å²) in [5, 5.41) is 9.95. The Hall–Kier alpha value is -2.35. The van der Waals surface area contributed by atoms with E-state index in [2.05, 4.69) is 0 Å². The first-order chi connectivity index (χ1) is 11.2. The van der Waals surface area contributed by atoms with Gasteiger partial charge in [0.1, 0.15) is 5.58 Å². The SMILES string of the molecule is O=C(c1cc(=O)c2ccccc2o1)N1CCC(O)(C(F)(F)F)CC1. The number of hydrogen-bond donors (Lipinski definition) is 1. The van der Waals surface area contributed by atoms with Gasteiger partial charge in [0, 0.05) is 32.0 Å². The van der Waals surface area contributed by atoms with Gasteiger partial charge >= 0.3 is 6.18 Å². The normalized spacial score (nSPS) is 17.9. The minimum Gasteiger partial charge on any atom is -0.451 e. The molecule has 1 aliphatic rings. The van der Waals surface area contributed by atoms with Gasteiger partial charge in [0.25, 0.3) is 5.91 Å². The zero-order chi connectivity index (χ0) is 17.5. The standard InChI is InChI=1S/C16H14F3NO4/c17-16(18,19)15(23)5-7-20(8-6-15)14(22)13-9-11(21)10-3-1-2-4-12(10)24-13/h1-4,9,23H,5-8H2. The third-order valence-electron chi connectivity index (χ3n) is 4.25. The first-order valence-electron chi connectivity index (χ1n) is 7.32. The van der Waals surface area contributed by atoms with Gasteiger partial charge in [-0.15, -0.1) is 0 Å². The van der Waals surface area contributed by atoms with Crippen LogP contribution in [0.25, 0.3) is 11.0 Å². The van der Waals surface area contributed by atoms with Crippen molar-refractivity contribution in [2.75, 3.05) is 13.1 Å². The molecule has 0 bridgehead atoms. The lowest BCUT2D eigenvalue weighted by Gasteiger charge is -2.38. The van der Waals surface area contributed by atoms with Gasteiger partial charge in [-0.25, -0.2) is 0 Å². The lowest BCUT2D eigenvalue weighted by atomic mass is 9.90. The zero-order valence-corrected chi connectivity index (χ0v) is 12.5. The van der Waals surface area contributed by atoms with E-state index >= 15 is 0 Å². The molecule has 0 atom stereocenters. The maximum atomic E-state index is 12.8. The Morgan fingerprint density at radius 1 is 1.21 bits per heavy atom. The molecule has 2 aromatic rings. The summed E-state index contributed by atoms with van der Waals surface area (Å²) in [7, 11) is 0. The number of nitrogens with zero attached hydrogens (tertiary/aromatic N) is 1. The van der Waals surface area contributed by atoms with E-state index in [0.717, 1.165) is 11.0 Å². The summed E-state index contributed by atoms with van der Waals surface area (Å²) in [6.07, 6.45) is -5.96. The Balaban J connectivity index is 1.83. The van der Waals surface area contributed by atoms with E-state index in [-0.39, 0.29) is 24.4 Å². The van der Waals surface area contributed by atoms with Gasteiger partial charge in [0.15, 0.2) is 16.8 Å². The summed E-state index contributed by atoms with van der Waals surface area (Å²) in [4.78, 5) is 25.5. The Labute approximate surface area is 134 Å². The van der Waals surface area contributed by atoms with Gasteiger partial charge < -0.3 is 14.4 Å². The third kappa shape index (κ3) is 2.77. The molecule has 1 aliphatic heterocycles. The summed E-state index contributed by atoms with van der Waals surface area (Å²) in [6, 6.07) is 7.42. The number of carbonyl (C=O) groups excluding carboxylic acids is 1. The van der Waals surface area contributed by atoms with Crippen LogP contribution in [0.3, 0.4) is 0 Å². The molecule has 0 saturated carbocycles. The van der Waals surface area contributed by atoms with Crippen LogP contribution >= 0.6 is 0 Å². The van der Waals surface area contributed by atoms with Crippen molar-refractivity contribution in [2.24, 2.45) is 0 Å². The summed E-state index contributed by atoms with van der Waals surface area (Å²) in [5.41, 5.74) is -2.95. The van der Waals surface area contributed by atoms with Crippen LogP contribution in [0.2, 0.25) is 0 Å². The molecule has 24 heavy (non-hydrogen) atoms. The quantitative estimate of drug-likeness (QED) is 0.864. The fourth-order valence-corrected chi connectivity index (χ4v) is 2.73. The zero-order valence-electron chi connectivity index (χ0n) is 12.5. The molecule has 1 amide bonds. The van der Waals surface area contributed by atoms with Crippen LogP contribution in [0, 0.1) is 0 Å². The van der Waals surface area contributed by atoms with Crippen LogP contribution in [0.4, 0.5) is 13.2 Å². The Morgan fingerprint density at radius 3 is 2.46 bits per heavy atom. The summed E-state index contributed by atoms with van der Waals surface area (Å²) >= 11 is 0. The van der Waals surface area contributed by atoms with Crippen molar-refractivity contribution in [3.8, 4) is 0 Å². The first-order valence-corrected chi connectivity index (χ1v) is 7.32. The van der Waals surface area contributed by atoms with Crippen LogP contribution in [0.15, 0.2) is 39.5 Å². The number of rotatable bonds is 1. The highest BCUT2D eigenvalue weighted by molar-refractivity contribution is 5.93. The molecule has 8 heteroatoms. The largest absolute Gasteiger partial charge is 0.451 e. The topological polar surface area (TPSA) is 70.8 Å². The molecule has 1 aromatic carbocycles. The van der Waals surface area contributed by atoms with Crippen molar-refractivity contribution in [1.29, 1.82) is 0 Å². The fraction of sp³-hybridized carbons (Fsp3) is 0.375. The number of halogens is 3. The first kappa shape index (κ1) is 16.5. The predicted molar refractivity (Wildman–Crippen MR) is 78.6 cm³/mol. The Kier molecular flexibility index (Phi) is 3.87. The monoisotopic (exact) mass is 341 g/mol. The van der Waals surface area contributed by atoms with Crippen LogP contribution in [0.5, 0.6) is 0 Å². The van der Waals surface area contributed by atoms with E-state index < -0.39 is 36.0 Å². The second-order valence-corrected chi connectivity index (χ2v) is 5.79. The van der Waals surface area contributed by atoms with Crippen molar-refractivity contribution in [1.82, 2.24) is 4.90 Å². The number of fused-ring (bicyclic) bond motifs is 1. The number of benzene rings is 1. The second kappa shape index (κ2) is 5.62. The second-order valence-electron chi connectivity index (χ2n) is 5.79. The number of para-hydroxylation sites is 1. The molecule has 0 spiro atoms. The minimum absolute atomic E-state index is 0.226. The molecule has 0 radical (unpaired) electrons. The van der Waals surface area contributed by atoms with Crippen LogP contribution in [0.1, 0.15) is 23.4 Å². The number of likely N-dealkylation sites (tertiary alicyclic amines) is 1. The Morgan fingerprint density at radius 2 is 1.83 bits per heavy atom. The summed E-state index contributed by atoms with van der Waals surface area (Å²) < 4.78 is 43.8. The number of hydrogen-bond acceptors (Lipinski definition) is 4. The molecule has 1 fully saturated rings. The van der Waals surface area contributed by atoms with E-state index in [0.29, 0.717) is 5.39 Å². The lowest BCUT2D eigenvalue weighted by molar-refractivity contribution is -0.271. The lowest BCUT2D eigenvalue weighted by Crippen LogP contribution is -2.54. The van der Waals surface area contributed by atoms with Crippen LogP contribution < -0.4 is 5.43 Å². The molecule has 1 saturated heterocycles.